The van der Waals surface area contributed by atoms with Crippen molar-refractivity contribution in [2.75, 3.05) is 10.6 Å². The Morgan fingerprint density at radius 3 is 2.31 bits per heavy atom. The minimum Gasteiger partial charge on any atom is -0.308 e. The van der Waals surface area contributed by atoms with Crippen LogP contribution in [-0.2, 0) is 0 Å². The Morgan fingerprint density at radius 2 is 1.55 bits per heavy atom. The van der Waals surface area contributed by atoms with Crippen molar-refractivity contribution >= 4 is 39.8 Å². The van der Waals surface area contributed by atoms with Crippen LogP contribution in [0.25, 0.3) is 21.9 Å². The number of urea groups is 1. The first-order valence-corrected chi connectivity index (χ1v) is 9.66. The number of aryl methyl sites for hydroxylation is 2. The second-order valence-electron chi connectivity index (χ2n) is 7.01. The van der Waals surface area contributed by atoms with Gasteiger partial charge in [0.15, 0.2) is 0 Å². The number of hydrogen-bond donors (Lipinski definition) is 2. The molecule has 2 N–H and O–H groups in total. The Morgan fingerprint density at radius 1 is 0.828 bits per heavy atom. The van der Waals surface area contributed by atoms with E-state index in [4.69, 9.17) is 11.6 Å². The van der Waals surface area contributed by atoms with E-state index < -0.39 is 0 Å². The Bertz CT molecular complexity index is 1220. The van der Waals surface area contributed by atoms with Crippen molar-refractivity contribution in [2.45, 2.75) is 13.8 Å². The number of fused-ring (bicyclic) bond motifs is 1. The van der Waals surface area contributed by atoms with Gasteiger partial charge >= 0.3 is 6.03 Å². The zero-order valence-electron chi connectivity index (χ0n) is 16.2. The van der Waals surface area contributed by atoms with Crippen molar-refractivity contribution < 1.29 is 4.79 Å². The van der Waals surface area contributed by atoms with Crippen molar-refractivity contribution in [1.82, 2.24) is 4.98 Å². The summed E-state index contributed by atoms with van der Waals surface area (Å²) < 4.78 is 0. The summed E-state index contributed by atoms with van der Waals surface area (Å²) in [4.78, 5) is 16.6. The van der Waals surface area contributed by atoms with E-state index in [1.807, 2.05) is 49.5 Å². The van der Waals surface area contributed by atoms with Crippen LogP contribution in [0.15, 0.2) is 73.1 Å². The first-order chi connectivity index (χ1) is 14.0. The molecule has 0 aliphatic heterocycles. The molecule has 0 aliphatic carbocycles. The minimum absolute atomic E-state index is 0.317. The molecule has 0 unspecified atom stereocenters. The molecule has 3 aromatic carbocycles. The van der Waals surface area contributed by atoms with Gasteiger partial charge in [-0.05, 0) is 77.9 Å². The number of pyridine rings is 1. The van der Waals surface area contributed by atoms with Gasteiger partial charge in [0.25, 0.3) is 0 Å². The average molecular weight is 402 g/mol. The molecule has 0 fully saturated rings. The summed E-state index contributed by atoms with van der Waals surface area (Å²) in [7, 11) is 0. The van der Waals surface area contributed by atoms with Gasteiger partial charge in [-0.2, -0.15) is 0 Å². The van der Waals surface area contributed by atoms with Gasteiger partial charge in [0.2, 0.25) is 0 Å². The number of hydrogen-bond acceptors (Lipinski definition) is 2. The van der Waals surface area contributed by atoms with Gasteiger partial charge in [-0.3, -0.25) is 4.98 Å². The monoisotopic (exact) mass is 401 g/mol. The molecular formula is C24H20ClN3O. The van der Waals surface area contributed by atoms with Gasteiger partial charge in [-0.25, -0.2) is 4.79 Å². The lowest BCUT2D eigenvalue weighted by Crippen LogP contribution is -2.19. The number of nitrogens with one attached hydrogen (secondary N) is 2. The first kappa shape index (κ1) is 19.0. The van der Waals surface area contributed by atoms with Gasteiger partial charge in [-0.1, -0.05) is 35.9 Å². The van der Waals surface area contributed by atoms with E-state index in [1.165, 1.54) is 0 Å². The van der Waals surface area contributed by atoms with Crippen LogP contribution in [-0.4, -0.2) is 11.0 Å². The average Bonchev–Trinajstić information content (AvgIpc) is 2.72. The van der Waals surface area contributed by atoms with E-state index in [2.05, 4.69) is 40.7 Å². The van der Waals surface area contributed by atoms with Crippen LogP contribution in [0.5, 0.6) is 0 Å². The maximum absolute atomic E-state index is 12.4. The fraction of sp³-hybridized carbons (Fsp3) is 0.0833. The molecule has 0 saturated heterocycles. The lowest BCUT2D eigenvalue weighted by atomic mass is 9.98. The highest BCUT2D eigenvalue weighted by atomic mass is 35.5. The van der Waals surface area contributed by atoms with Gasteiger partial charge in [0.05, 0.1) is 0 Å². The maximum Gasteiger partial charge on any atom is 0.323 e. The van der Waals surface area contributed by atoms with Crippen LogP contribution in [0.3, 0.4) is 0 Å². The van der Waals surface area contributed by atoms with Crippen LogP contribution in [0.4, 0.5) is 16.2 Å². The number of carbonyl (C=O) groups is 1. The largest absolute Gasteiger partial charge is 0.323 e. The fourth-order valence-electron chi connectivity index (χ4n) is 3.23. The SMILES string of the molecule is Cc1ccc(NC(=O)Nc2ccc(C)c(-c3ccc4ccncc4c3)c2)cc1Cl. The third-order valence-corrected chi connectivity index (χ3v) is 5.28. The number of halogens is 1. The lowest BCUT2D eigenvalue weighted by molar-refractivity contribution is 0.262. The van der Waals surface area contributed by atoms with Gasteiger partial charge in [0.1, 0.15) is 0 Å². The third kappa shape index (κ3) is 4.23. The summed E-state index contributed by atoms with van der Waals surface area (Å²) in [5.74, 6) is 0. The molecule has 0 bridgehead atoms. The smallest absolute Gasteiger partial charge is 0.308 e. The van der Waals surface area contributed by atoms with E-state index in [9.17, 15) is 4.79 Å². The highest BCUT2D eigenvalue weighted by molar-refractivity contribution is 6.31. The summed E-state index contributed by atoms with van der Waals surface area (Å²) in [5.41, 5.74) is 5.60. The van der Waals surface area contributed by atoms with Crippen molar-refractivity contribution in [3.63, 3.8) is 0 Å². The lowest BCUT2D eigenvalue weighted by Gasteiger charge is -2.12. The second-order valence-corrected chi connectivity index (χ2v) is 7.42. The molecule has 4 rings (SSSR count). The molecule has 5 heteroatoms. The quantitative estimate of drug-likeness (QED) is 0.396. The van der Waals surface area contributed by atoms with E-state index in [0.717, 1.165) is 33.0 Å². The molecule has 0 atom stereocenters. The number of rotatable bonds is 3. The number of benzene rings is 3. The number of amides is 2. The van der Waals surface area contributed by atoms with Crippen LogP contribution < -0.4 is 10.6 Å². The minimum atomic E-state index is -0.317. The molecule has 144 valence electrons. The van der Waals surface area contributed by atoms with Crippen LogP contribution in [0.1, 0.15) is 11.1 Å². The van der Waals surface area contributed by atoms with Crippen molar-refractivity contribution in [1.29, 1.82) is 0 Å². The van der Waals surface area contributed by atoms with Crippen LogP contribution in [0, 0.1) is 13.8 Å². The third-order valence-electron chi connectivity index (χ3n) is 4.88. The van der Waals surface area contributed by atoms with Crippen molar-refractivity contribution in [2.24, 2.45) is 0 Å². The fourth-order valence-corrected chi connectivity index (χ4v) is 3.41. The highest BCUT2D eigenvalue weighted by Crippen LogP contribution is 2.29. The Hall–Kier alpha value is -3.37. The topological polar surface area (TPSA) is 54.0 Å². The molecule has 0 saturated carbocycles. The summed E-state index contributed by atoms with van der Waals surface area (Å²) in [6.07, 6.45) is 3.65. The van der Waals surface area contributed by atoms with Crippen molar-refractivity contribution in [3.8, 4) is 11.1 Å². The van der Waals surface area contributed by atoms with E-state index in [0.29, 0.717) is 16.4 Å². The van der Waals surface area contributed by atoms with Crippen LogP contribution in [0.2, 0.25) is 5.02 Å². The van der Waals surface area contributed by atoms with Gasteiger partial charge < -0.3 is 10.6 Å². The predicted octanol–water partition coefficient (Wildman–Crippen LogP) is 6.82. The Balaban J connectivity index is 1.57. The Labute approximate surface area is 174 Å². The first-order valence-electron chi connectivity index (χ1n) is 9.28. The second kappa shape index (κ2) is 7.94. The normalized spacial score (nSPS) is 10.7. The molecular weight excluding hydrogens is 382 g/mol. The number of nitrogens with zero attached hydrogens (tertiary/aromatic N) is 1. The van der Waals surface area contributed by atoms with Crippen LogP contribution >= 0.6 is 11.6 Å². The predicted molar refractivity (Wildman–Crippen MR) is 121 cm³/mol. The molecule has 29 heavy (non-hydrogen) atoms. The zero-order chi connectivity index (χ0) is 20.4. The Kier molecular flexibility index (Phi) is 5.19. The number of aromatic nitrogens is 1. The summed E-state index contributed by atoms with van der Waals surface area (Å²) >= 11 is 6.13. The summed E-state index contributed by atoms with van der Waals surface area (Å²) in [6, 6.07) is 19.3. The summed E-state index contributed by atoms with van der Waals surface area (Å²) in [5, 5.41) is 8.55. The van der Waals surface area contributed by atoms with E-state index in [-0.39, 0.29) is 6.03 Å². The molecule has 4 nitrogen and oxygen atoms in total. The standard InChI is InChI=1S/C24H20ClN3O/c1-15-3-7-20(27-24(29)28-21-8-4-16(2)23(25)13-21)12-22(15)18-6-5-17-9-10-26-14-19(17)11-18/h3-14H,1-2H3,(H2,27,28,29). The summed E-state index contributed by atoms with van der Waals surface area (Å²) in [6.45, 7) is 3.98. The zero-order valence-corrected chi connectivity index (χ0v) is 16.9. The molecule has 0 spiro atoms. The van der Waals surface area contributed by atoms with Gasteiger partial charge in [0, 0.05) is 34.2 Å². The van der Waals surface area contributed by atoms with Gasteiger partial charge in [-0.15, -0.1) is 0 Å². The number of carbonyl (C=O) groups excluding carboxylic acids is 1. The van der Waals surface area contributed by atoms with E-state index >= 15 is 0 Å². The number of anilines is 2. The van der Waals surface area contributed by atoms with E-state index in [1.54, 1.807) is 12.3 Å². The molecule has 0 radical (unpaired) electrons. The molecule has 2 amide bonds. The highest BCUT2D eigenvalue weighted by Gasteiger charge is 2.08. The molecule has 1 heterocycles. The van der Waals surface area contributed by atoms with Crippen molar-refractivity contribution in [3.05, 3.63) is 89.2 Å². The molecule has 0 aliphatic rings. The molecule has 4 aromatic rings. The maximum atomic E-state index is 12.4. The molecule has 1 aromatic heterocycles.